The van der Waals surface area contributed by atoms with Crippen molar-refractivity contribution in [2.24, 2.45) is 76.4 Å². The van der Waals surface area contributed by atoms with Crippen LogP contribution in [0.2, 0.25) is 0 Å². The molecule has 0 atom stereocenters. The molecule has 2 saturated carbocycles. The largest absolute Gasteiger partial charge is 0.291 e. The lowest BCUT2D eigenvalue weighted by molar-refractivity contribution is -0.634. The molecule has 2 aliphatic carbocycles. The second-order valence-electron chi connectivity index (χ2n) is 37.5. The minimum Gasteiger partial charge on any atom is -0.240 e. The lowest BCUT2D eigenvalue weighted by Gasteiger charge is -2.18. The predicted octanol–water partition coefficient (Wildman–Crippen LogP) is 25.8. The van der Waals surface area contributed by atoms with Crippen LogP contribution in [-0.4, -0.2) is 47.8 Å². The molecule has 15 nitrogen and oxygen atoms in total. The fraction of sp³-hybridized carbons (Fsp3) is 0.309. The summed E-state index contributed by atoms with van der Waals surface area (Å²) >= 11 is 9.21. The standard InChI is InChI=1S/C23H26N3S.C23H20N3S.C22H24N3S.2C21H24N3S/c2*1-15-13-14-19-21(24-22(27-19)16-9-5-4-6-10-16)20(15)23-25(2)17-11-7-8-12-18(17)26(23)3;1-14-12-13-18-20(23-21(26-18)15-8-4-5-9-15)19(14)22-24(2)16-10-6-7-11-17(16)25(22)3;1-13-11-12-16-18(22-20(25-16)21(2,3)4)17(13)19-23(5)14-9-7-8-10-15(14)24(19)6;1-13(2)12-18-22-20-17(25-18)11-10-14(3)19(20)21-23(4)15-8-6-7-9-16(15)24(21)5/h7-8,11-14,16H,4-6,9-10H2,1-3H3;4-14H,1-3H3;6-7,10-13,15H,4-5,8-9H2,1-3H3;7-12H,1-6H3;6-11,13H,12H2,1-5H3/q5*+1. The van der Waals surface area contributed by atoms with Gasteiger partial charge in [0.1, 0.15) is 5.01 Å². The Morgan fingerprint density at radius 3 is 0.915 bits per heavy atom. The van der Waals surface area contributed by atoms with E-state index in [2.05, 4.69) is 392 Å². The lowest BCUT2D eigenvalue weighted by atomic mass is 9.90. The van der Waals surface area contributed by atoms with E-state index in [9.17, 15) is 0 Å². The Morgan fingerprint density at radius 1 is 0.315 bits per heavy atom. The smallest absolute Gasteiger partial charge is 0.240 e. The second-order valence-corrected chi connectivity index (χ2v) is 42.8. The molecular weight excluding hydrogens is 1690 g/mol. The van der Waals surface area contributed by atoms with Crippen molar-refractivity contribution in [1.29, 1.82) is 0 Å². The van der Waals surface area contributed by atoms with E-state index in [1.165, 1.54) is 258 Å². The molecule has 0 spiro atoms. The summed E-state index contributed by atoms with van der Waals surface area (Å²) in [7, 11) is 21.5. The Hall–Kier alpha value is -11.8. The normalized spacial score (nSPS) is 13.5. The van der Waals surface area contributed by atoms with Crippen molar-refractivity contribution in [1.82, 2.24) is 47.8 Å². The maximum atomic E-state index is 5.22. The Kier molecular flexibility index (Phi) is 23.9. The van der Waals surface area contributed by atoms with E-state index < -0.39 is 0 Å². The number of benzene rings is 11. The summed E-state index contributed by atoms with van der Waals surface area (Å²) in [5.74, 6) is 8.02. The van der Waals surface area contributed by atoms with Crippen LogP contribution in [0.15, 0.2) is 212 Å². The van der Waals surface area contributed by atoms with E-state index in [-0.39, 0.29) is 5.41 Å². The molecular formula is C110H118N15S5+5. The second kappa shape index (κ2) is 35.5. The number of imidazole rings is 5. The molecule has 10 heterocycles. The lowest BCUT2D eigenvalue weighted by Crippen LogP contribution is -2.30. The van der Waals surface area contributed by atoms with Crippen LogP contribution in [0.4, 0.5) is 0 Å². The van der Waals surface area contributed by atoms with Gasteiger partial charge in [0.05, 0.1) is 169 Å². The van der Waals surface area contributed by atoms with E-state index in [0.717, 1.165) is 28.0 Å². The first-order valence-electron chi connectivity index (χ1n) is 45.9. The van der Waals surface area contributed by atoms with Crippen LogP contribution in [0.5, 0.6) is 0 Å². The number of aromatic nitrogens is 15. The van der Waals surface area contributed by atoms with E-state index in [0.29, 0.717) is 17.8 Å². The van der Waals surface area contributed by atoms with E-state index in [1.54, 1.807) is 11.3 Å². The monoisotopic (exact) mass is 1810 g/mol. The number of aryl methyl sites for hydroxylation is 15. The molecule has 0 unspecified atom stereocenters. The molecule has 23 rings (SSSR count). The summed E-state index contributed by atoms with van der Waals surface area (Å²) < 4.78 is 29.4. The van der Waals surface area contributed by atoms with E-state index >= 15 is 0 Å². The Morgan fingerprint density at radius 2 is 0.592 bits per heavy atom. The number of thiazole rings is 5. The number of nitrogens with zero attached hydrogens (tertiary/aromatic N) is 15. The van der Waals surface area contributed by atoms with Crippen molar-refractivity contribution in [3.05, 3.63) is 260 Å². The zero-order valence-corrected chi connectivity index (χ0v) is 82.8. The van der Waals surface area contributed by atoms with Crippen LogP contribution in [0, 0.1) is 40.5 Å². The Bertz CT molecular complexity index is 7720. The Labute approximate surface area is 782 Å². The van der Waals surface area contributed by atoms with Crippen LogP contribution in [0.25, 0.3) is 174 Å². The molecule has 0 bridgehead atoms. The number of para-hydroxylation sites is 10. The molecule has 0 N–H and O–H groups in total. The molecule has 0 radical (unpaired) electrons. The van der Waals surface area contributed by atoms with Gasteiger partial charge in [-0.3, -0.25) is 0 Å². The van der Waals surface area contributed by atoms with Gasteiger partial charge in [-0.1, -0.05) is 188 Å². The SMILES string of the molecule is Cc1ccc2sc(-c3ccccc3)nc2c1-c1n(C)c2ccccc2[n+]1C.Cc1ccc2sc(C(C)(C)C)nc2c1-c1n(C)c2ccccc2[n+]1C.Cc1ccc2sc(C3CCCC3)nc2c1-c1n(C)c2ccccc2[n+]1C.Cc1ccc2sc(C3CCCCC3)nc2c1-c1n(C)c2ccccc2[n+]1C.Cc1ccc2sc(CC(C)C)nc2c1-c1n(C)c2ccccc2[n+]1C. The summed E-state index contributed by atoms with van der Waals surface area (Å²) in [6.07, 6.45) is 13.0. The van der Waals surface area contributed by atoms with E-state index in [1.807, 2.05) is 51.4 Å². The van der Waals surface area contributed by atoms with Crippen LogP contribution in [0.1, 0.15) is 152 Å². The predicted molar refractivity (Wildman–Crippen MR) is 547 cm³/mol. The first-order chi connectivity index (χ1) is 62.7. The molecule has 11 aromatic carbocycles. The van der Waals surface area contributed by atoms with Crippen molar-refractivity contribution in [3.63, 3.8) is 0 Å². The maximum absolute atomic E-state index is 5.22. The average molecular weight is 1810 g/mol. The highest BCUT2D eigenvalue weighted by Crippen LogP contribution is 2.46. The van der Waals surface area contributed by atoms with Gasteiger partial charge in [0.2, 0.25) is 0 Å². The highest BCUT2D eigenvalue weighted by molar-refractivity contribution is 7.22. The minimum atomic E-state index is 0.0654. The Balaban J connectivity index is 0.000000105. The topological polar surface area (TPSA) is 108 Å². The van der Waals surface area contributed by atoms with Crippen molar-refractivity contribution in [3.8, 4) is 67.5 Å². The number of hydrogen-bond acceptors (Lipinski definition) is 10. The van der Waals surface area contributed by atoms with Gasteiger partial charge < -0.3 is 0 Å². The zero-order chi connectivity index (χ0) is 90.6. The molecule has 2 fully saturated rings. The third kappa shape index (κ3) is 15.7. The first kappa shape index (κ1) is 87.5. The quantitative estimate of drug-likeness (QED) is 0.127. The molecule has 658 valence electrons. The van der Waals surface area contributed by atoms with Crippen LogP contribution in [-0.2, 0) is 82.3 Å². The third-order valence-electron chi connectivity index (χ3n) is 27.1. The fourth-order valence-corrected chi connectivity index (χ4v) is 25.9. The highest BCUT2D eigenvalue weighted by Gasteiger charge is 2.35. The summed E-state index contributed by atoms with van der Waals surface area (Å²) in [5.41, 5.74) is 32.0. The molecule has 21 aromatic rings. The van der Waals surface area contributed by atoms with Crippen LogP contribution < -0.4 is 22.8 Å². The number of hydrogen-bond donors (Lipinski definition) is 0. The maximum Gasteiger partial charge on any atom is 0.291 e. The molecule has 0 amide bonds. The molecule has 0 aliphatic heterocycles. The van der Waals surface area contributed by atoms with Crippen molar-refractivity contribution < 1.29 is 22.8 Å². The van der Waals surface area contributed by atoms with Crippen LogP contribution in [0.3, 0.4) is 0 Å². The van der Waals surface area contributed by atoms with Crippen molar-refractivity contribution in [2.75, 3.05) is 0 Å². The number of rotatable bonds is 10. The molecule has 10 aromatic heterocycles. The highest BCUT2D eigenvalue weighted by atomic mass is 32.1. The van der Waals surface area contributed by atoms with Gasteiger partial charge in [-0.25, -0.2) is 70.6 Å². The summed E-state index contributed by atoms with van der Waals surface area (Å²) in [6, 6.07) is 75.6. The van der Waals surface area contributed by atoms with E-state index in [4.69, 9.17) is 24.9 Å². The van der Waals surface area contributed by atoms with Gasteiger partial charge in [0.25, 0.3) is 29.1 Å². The van der Waals surface area contributed by atoms with Gasteiger partial charge in [0.15, 0.2) is 55.2 Å². The number of fused-ring (bicyclic) bond motifs is 10. The van der Waals surface area contributed by atoms with Gasteiger partial charge in [-0.15, -0.1) is 56.7 Å². The minimum absolute atomic E-state index is 0.0654. The van der Waals surface area contributed by atoms with Gasteiger partial charge in [0, 0.05) is 29.2 Å². The zero-order valence-electron chi connectivity index (χ0n) is 78.8. The molecule has 20 heteroatoms. The average Bonchev–Trinajstić information content (AvgIpc) is 1.60. The summed E-state index contributed by atoms with van der Waals surface area (Å²) in [6.45, 7) is 22.2. The van der Waals surface area contributed by atoms with Crippen molar-refractivity contribution >= 4 is 163 Å². The first-order valence-corrected chi connectivity index (χ1v) is 50.0. The van der Waals surface area contributed by atoms with Crippen LogP contribution >= 0.6 is 56.7 Å². The van der Waals surface area contributed by atoms with Gasteiger partial charge in [-0.05, 0) is 185 Å². The molecule has 130 heavy (non-hydrogen) atoms. The summed E-state index contributed by atoms with van der Waals surface area (Å²) in [5, 5.41) is 6.18. The summed E-state index contributed by atoms with van der Waals surface area (Å²) in [4.78, 5) is 25.6. The van der Waals surface area contributed by atoms with Gasteiger partial charge in [-0.2, -0.15) is 0 Å². The molecule has 0 saturated heterocycles. The van der Waals surface area contributed by atoms with Crippen molar-refractivity contribution in [2.45, 2.75) is 151 Å². The third-order valence-corrected chi connectivity index (χ3v) is 33.1. The molecule has 2 aliphatic rings. The van der Waals surface area contributed by atoms with Gasteiger partial charge >= 0.3 is 0 Å². The fourth-order valence-electron chi connectivity index (χ4n) is 20.4.